The van der Waals surface area contributed by atoms with Crippen LogP contribution in [0.4, 0.5) is 0 Å². The van der Waals surface area contributed by atoms with Crippen LogP contribution in [0.25, 0.3) is 0 Å². The van der Waals surface area contributed by atoms with E-state index in [0.29, 0.717) is 0 Å². The average Bonchev–Trinajstić information content (AvgIpc) is 2.67. The van der Waals surface area contributed by atoms with Crippen LogP contribution in [0.2, 0.25) is 0 Å². The second kappa shape index (κ2) is 37.4. The Morgan fingerprint density at radius 1 is 1.33 bits per heavy atom. The first-order valence-corrected chi connectivity index (χ1v) is 4.00. The monoisotopic (exact) mass is 293 g/mol. The molecule has 0 amide bonds. The zero-order valence-electron chi connectivity index (χ0n) is 10.3. The van der Waals surface area contributed by atoms with E-state index in [4.69, 9.17) is 6.58 Å². The van der Waals surface area contributed by atoms with Crippen LogP contribution < -0.4 is 0 Å². The van der Waals surface area contributed by atoms with Crippen molar-refractivity contribution in [2.75, 3.05) is 0 Å². The summed E-state index contributed by atoms with van der Waals surface area (Å²) >= 11 is 0. The molecule has 0 atom stereocenters. The van der Waals surface area contributed by atoms with Crippen LogP contribution in [0.3, 0.4) is 0 Å². The molecule has 1 aliphatic rings. The van der Waals surface area contributed by atoms with Crippen molar-refractivity contribution in [2.45, 2.75) is 20.3 Å². The van der Waals surface area contributed by atoms with Gasteiger partial charge in [0.05, 0.1) is 0 Å². The molecule has 1 heteroatoms. The molecule has 0 aromatic carbocycles. The Labute approximate surface area is 111 Å². The SMILES string of the molecule is [C-]1=CC=CC1.[CH-]=CC=CC.[CH2-]C.[CH3-].[CH3-].[Ru+5]. The van der Waals surface area contributed by atoms with Crippen LogP contribution >= 0.6 is 0 Å². The molecular formula is C14H23Ru. The quantitative estimate of drug-likeness (QED) is 0.376. The summed E-state index contributed by atoms with van der Waals surface area (Å²) in [4.78, 5) is 0. The molecule has 0 bridgehead atoms. The second-order valence-corrected chi connectivity index (χ2v) is 1.72. The fourth-order valence-corrected chi connectivity index (χ4v) is 0.451. The predicted molar refractivity (Wildman–Crippen MR) is 69.1 cm³/mol. The first-order chi connectivity index (χ1) is 5.91. The van der Waals surface area contributed by atoms with Gasteiger partial charge in [-0.15, -0.1) is 6.42 Å². The van der Waals surface area contributed by atoms with Gasteiger partial charge >= 0.3 is 19.5 Å². The fourth-order valence-electron chi connectivity index (χ4n) is 0.451. The Hall–Kier alpha value is -0.417. The van der Waals surface area contributed by atoms with Gasteiger partial charge in [-0.1, -0.05) is 6.92 Å². The van der Waals surface area contributed by atoms with Crippen molar-refractivity contribution < 1.29 is 19.5 Å². The molecule has 0 saturated heterocycles. The molecule has 0 N–H and O–H groups in total. The summed E-state index contributed by atoms with van der Waals surface area (Å²) in [5, 5.41) is 0. The molecule has 0 spiro atoms. The molecule has 0 fully saturated rings. The van der Waals surface area contributed by atoms with Crippen molar-refractivity contribution in [3.05, 3.63) is 70.9 Å². The normalized spacial score (nSPS) is 9.27. The van der Waals surface area contributed by atoms with Gasteiger partial charge in [0, 0.05) is 0 Å². The Kier molecular flexibility index (Phi) is 73.1. The molecule has 0 aliphatic heterocycles. The van der Waals surface area contributed by atoms with Crippen molar-refractivity contribution in [3.63, 3.8) is 0 Å². The standard InChI is InChI=1S/C5H5.C5H7.C2H5.2CH3.Ru/c1-2-4-5-3-1;1-3-5-4-2;1-2;;;/h1-3H,4H2;1,3-5H,2H3;1H2,2H3;2*1H3;/q5*-1;+5. The van der Waals surface area contributed by atoms with Crippen LogP contribution in [-0.4, -0.2) is 0 Å². The summed E-state index contributed by atoms with van der Waals surface area (Å²) in [6.45, 7) is 11.8. The molecule has 1 radical (unpaired) electrons. The van der Waals surface area contributed by atoms with E-state index in [1.807, 2.05) is 25.2 Å². The minimum absolute atomic E-state index is 0. The molecule has 0 heterocycles. The van der Waals surface area contributed by atoms with E-state index in [1.165, 1.54) is 6.08 Å². The Bertz CT molecular complexity index is 140. The van der Waals surface area contributed by atoms with Crippen molar-refractivity contribution in [2.24, 2.45) is 0 Å². The predicted octanol–water partition coefficient (Wildman–Crippen LogP) is 4.60. The van der Waals surface area contributed by atoms with Crippen LogP contribution in [0, 0.1) is 34.4 Å². The maximum Gasteiger partial charge on any atom is 5.00 e. The van der Waals surface area contributed by atoms with E-state index in [9.17, 15) is 0 Å². The number of hydrogen-bond donors (Lipinski definition) is 0. The molecule has 1 aliphatic carbocycles. The van der Waals surface area contributed by atoms with E-state index >= 15 is 0 Å². The van der Waals surface area contributed by atoms with E-state index in [2.05, 4.69) is 19.1 Å². The van der Waals surface area contributed by atoms with Crippen LogP contribution in [0.15, 0.2) is 36.5 Å². The van der Waals surface area contributed by atoms with Gasteiger partial charge in [0.15, 0.2) is 0 Å². The summed E-state index contributed by atoms with van der Waals surface area (Å²) < 4.78 is 0. The van der Waals surface area contributed by atoms with Gasteiger partial charge in [0.2, 0.25) is 0 Å². The second-order valence-electron chi connectivity index (χ2n) is 1.72. The molecule has 1 rings (SSSR count). The van der Waals surface area contributed by atoms with Crippen molar-refractivity contribution in [3.8, 4) is 0 Å². The smallest absolute Gasteiger partial charge is 0.358 e. The van der Waals surface area contributed by atoms with Gasteiger partial charge in [0.1, 0.15) is 0 Å². The molecule has 0 aromatic rings. The topological polar surface area (TPSA) is 0 Å². The third-order valence-electron chi connectivity index (χ3n) is 0.889. The molecule has 15 heavy (non-hydrogen) atoms. The molecule has 0 aromatic heterocycles. The molecule has 0 saturated carbocycles. The van der Waals surface area contributed by atoms with Crippen LogP contribution in [0.1, 0.15) is 20.3 Å². The van der Waals surface area contributed by atoms with E-state index in [1.54, 1.807) is 13.0 Å². The van der Waals surface area contributed by atoms with Crippen molar-refractivity contribution in [1.29, 1.82) is 0 Å². The van der Waals surface area contributed by atoms with Gasteiger partial charge in [-0.2, -0.15) is 19.1 Å². The average molecular weight is 292 g/mol. The zero-order chi connectivity index (χ0) is 9.66. The number of hydrogen-bond acceptors (Lipinski definition) is 0. The molecule has 87 valence electrons. The minimum atomic E-state index is 0. The zero-order valence-corrected chi connectivity index (χ0v) is 12.0. The maximum absolute atomic E-state index is 4.93. The van der Waals surface area contributed by atoms with Gasteiger partial charge in [-0.3, -0.25) is 12.7 Å². The molecule has 0 nitrogen and oxygen atoms in total. The fraction of sp³-hybridized carbons (Fsp3) is 0.214. The Balaban J connectivity index is -0.0000000326. The van der Waals surface area contributed by atoms with Crippen LogP contribution in [-0.2, 0) is 19.5 Å². The summed E-state index contributed by atoms with van der Waals surface area (Å²) in [7, 11) is 0. The molecular weight excluding hydrogens is 269 g/mol. The van der Waals surface area contributed by atoms with Gasteiger partial charge in [0.25, 0.3) is 0 Å². The maximum atomic E-state index is 4.93. The van der Waals surface area contributed by atoms with Gasteiger partial charge in [-0.05, 0) is 0 Å². The summed E-state index contributed by atoms with van der Waals surface area (Å²) in [6.07, 6.45) is 15.2. The summed E-state index contributed by atoms with van der Waals surface area (Å²) in [5.74, 6) is 0. The first-order valence-electron chi connectivity index (χ1n) is 4.00. The Morgan fingerprint density at radius 2 is 1.87 bits per heavy atom. The summed E-state index contributed by atoms with van der Waals surface area (Å²) in [6, 6.07) is 0. The Morgan fingerprint density at radius 3 is 1.93 bits per heavy atom. The van der Waals surface area contributed by atoms with Gasteiger partial charge in [-0.25, -0.2) is 24.3 Å². The summed E-state index contributed by atoms with van der Waals surface area (Å²) in [5.41, 5.74) is 0. The first kappa shape index (κ1) is 29.3. The molecule has 0 unspecified atom stereocenters. The van der Waals surface area contributed by atoms with Crippen molar-refractivity contribution >= 4 is 0 Å². The number of allylic oxidation sites excluding steroid dienone is 7. The third kappa shape index (κ3) is 42.1. The van der Waals surface area contributed by atoms with Crippen LogP contribution in [0.5, 0.6) is 0 Å². The van der Waals surface area contributed by atoms with E-state index in [-0.39, 0.29) is 34.3 Å². The van der Waals surface area contributed by atoms with E-state index in [0.717, 1.165) is 6.42 Å². The third-order valence-corrected chi connectivity index (χ3v) is 0.889. The van der Waals surface area contributed by atoms with E-state index < -0.39 is 0 Å². The minimum Gasteiger partial charge on any atom is -0.358 e. The van der Waals surface area contributed by atoms with Gasteiger partial charge < -0.3 is 21.8 Å². The number of rotatable bonds is 1. The largest absolute Gasteiger partial charge is 5.00 e. The van der Waals surface area contributed by atoms with Crippen molar-refractivity contribution in [1.82, 2.24) is 0 Å².